The van der Waals surface area contributed by atoms with Crippen LogP contribution >= 0.6 is 37.2 Å². The molecule has 1 rings (SSSR count). The highest BCUT2D eigenvalue weighted by molar-refractivity contribution is 5.86. The molecular weight excluding hydrogens is 256 g/mol. The van der Waals surface area contributed by atoms with Crippen molar-refractivity contribution in [3.05, 3.63) is 0 Å². The summed E-state index contributed by atoms with van der Waals surface area (Å²) in [5.74, 6) is 0. The van der Waals surface area contributed by atoms with E-state index in [0.717, 1.165) is 13.1 Å². The monoisotopic (exact) mass is 279 g/mol. The highest BCUT2D eigenvalue weighted by atomic mass is 35.5. The Labute approximate surface area is 112 Å². The Kier molecular flexibility index (Phi) is 15.8. The first kappa shape index (κ1) is 21.1. The highest BCUT2D eigenvalue weighted by Gasteiger charge is 2.15. The molecule has 0 bridgehead atoms. The van der Waals surface area contributed by atoms with E-state index in [-0.39, 0.29) is 37.2 Å². The molecule has 0 amide bonds. The molecule has 2 N–H and O–H groups in total. The van der Waals surface area contributed by atoms with E-state index in [0.29, 0.717) is 6.04 Å². The third-order valence-corrected chi connectivity index (χ3v) is 2.41. The molecule has 3 nitrogen and oxygen atoms in total. The Balaban J connectivity index is -0.000000480. The summed E-state index contributed by atoms with van der Waals surface area (Å²) in [6, 6.07) is 0.418. The number of rotatable bonds is 3. The molecule has 0 aromatic rings. The lowest BCUT2D eigenvalue weighted by atomic mass is 10.1. The van der Waals surface area contributed by atoms with E-state index in [1.807, 2.05) is 0 Å². The first-order chi connectivity index (χ1) is 5.68. The molecule has 1 atom stereocenters. The number of likely N-dealkylation sites (tertiary alicyclic amines) is 1. The van der Waals surface area contributed by atoms with E-state index in [2.05, 4.69) is 23.9 Å². The second kappa shape index (κ2) is 11.2. The summed E-state index contributed by atoms with van der Waals surface area (Å²) in [6.07, 6.45) is 2.48. The molecule has 1 fully saturated rings. The Bertz CT molecular complexity index is 136. The van der Waals surface area contributed by atoms with Crippen LogP contribution in [0, 0.1) is 0 Å². The predicted molar refractivity (Wildman–Crippen MR) is 73.9 cm³/mol. The van der Waals surface area contributed by atoms with Gasteiger partial charge in [-0.2, -0.15) is 0 Å². The van der Waals surface area contributed by atoms with Gasteiger partial charge in [0.25, 0.3) is 0 Å². The van der Waals surface area contributed by atoms with Gasteiger partial charge in [0.05, 0.1) is 0 Å². The number of halogens is 3. The topological polar surface area (TPSA) is 32.5 Å². The second-order valence-electron chi connectivity index (χ2n) is 4.01. The van der Waals surface area contributed by atoms with E-state index < -0.39 is 0 Å². The van der Waals surface area contributed by atoms with Crippen molar-refractivity contribution in [1.29, 1.82) is 0 Å². The summed E-state index contributed by atoms with van der Waals surface area (Å²) in [5, 5.41) is 0. The molecule has 15 heavy (non-hydrogen) atoms. The van der Waals surface area contributed by atoms with Crippen LogP contribution in [0.3, 0.4) is 0 Å². The van der Waals surface area contributed by atoms with Crippen molar-refractivity contribution in [3.63, 3.8) is 0 Å². The van der Waals surface area contributed by atoms with Gasteiger partial charge in [-0.15, -0.1) is 37.2 Å². The molecule has 6 heteroatoms. The van der Waals surface area contributed by atoms with Crippen LogP contribution in [0.4, 0.5) is 0 Å². The van der Waals surface area contributed by atoms with Crippen molar-refractivity contribution >= 4 is 37.2 Å². The number of hydrogen-bond donors (Lipinski definition) is 1. The Hall–Kier alpha value is 0.750. The molecule has 0 aliphatic carbocycles. The predicted octanol–water partition coefficient (Wildman–Crippen LogP) is 1.24. The summed E-state index contributed by atoms with van der Waals surface area (Å²) in [4.78, 5) is 4.69. The van der Waals surface area contributed by atoms with Crippen molar-refractivity contribution in [3.8, 4) is 0 Å². The zero-order chi connectivity index (χ0) is 8.97. The van der Waals surface area contributed by atoms with Crippen LogP contribution < -0.4 is 5.73 Å². The number of piperidine rings is 1. The quantitative estimate of drug-likeness (QED) is 0.844. The Morgan fingerprint density at radius 2 is 1.87 bits per heavy atom. The normalized spacial score (nSPS) is 21.2. The maximum atomic E-state index is 5.88. The molecule has 0 spiro atoms. The minimum absolute atomic E-state index is 0. The van der Waals surface area contributed by atoms with E-state index in [1.54, 1.807) is 0 Å². The SMILES string of the molecule is CN(C)CCN1CCC[C@H](N)C1.Cl.Cl.Cl. The average Bonchev–Trinajstić information content (AvgIpc) is 2.01. The van der Waals surface area contributed by atoms with Crippen molar-refractivity contribution in [2.75, 3.05) is 40.3 Å². The average molecular weight is 281 g/mol. The molecule has 1 heterocycles. The van der Waals surface area contributed by atoms with Crippen molar-refractivity contribution in [1.82, 2.24) is 9.80 Å². The van der Waals surface area contributed by atoms with Crippen molar-refractivity contribution < 1.29 is 0 Å². The van der Waals surface area contributed by atoms with E-state index in [9.17, 15) is 0 Å². The van der Waals surface area contributed by atoms with Gasteiger partial charge in [-0.05, 0) is 33.5 Å². The largest absolute Gasteiger partial charge is 0.327 e. The molecule has 1 saturated heterocycles. The van der Waals surface area contributed by atoms with Crippen molar-refractivity contribution in [2.45, 2.75) is 18.9 Å². The number of hydrogen-bond acceptors (Lipinski definition) is 3. The van der Waals surface area contributed by atoms with Crippen LogP contribution in [0.25, 0.3) is 0 Å². The second-order valence-corrected chi connectivity index (χ2v) is 4.01. The number of nitrogens with zero attached hydrogens (tertiary/aromatic N) is 2. The lowest BCUT2D eigenvalue weighted by Crippen LogP contribution is -2.44. The van der Waals surface area contributed by atoms with Gasteiger partial charge in [0.1, 0.15) is 0 Å². The van der Waals surface area contributed by atoms with Crippen LogP contribution in [0.1, 0.15) is 12.8 Å². The molecule has 0 saturated carbocycles. The Morgan fingerprint density at radius 3 is 2.33 bits per heavy atom. The van der Waals surface area contributed by atoms with Crippen LogP contribution in [-0.4, -0.2) is 56.1 Å². The molecule has 0 unspecified atom stereocenters. The smallest absolute Gasteiger partial charge is 0.0168 e. The first-order valence-corrected chi connectivity index (χ1v) is 4.81. The molecule has 0 aromatic carbocycles. The van der Waals surface area contributed by atoms with Crippen molar-refractivity contribution in [2.24, 2.45) is 5.73 Å². The molecule has 0 aromatic heterocycles. The number of nitrogens with two attached hydrogens (primary N) is 1. The molecule has 1 aliphatic heterocycles. The summed E-state index contributed by atoms with van der Waals surface area (Å²) in [7, 11) is 4.23. The van der Waals surface area contributed by atoms with E-state index in [1.165, 1.54) is 25.9 Å². The fourth-order valence-electron chi connectivity index (χ4n) is 1.64. The zero-order valence-electron chi connectivity index (χ0n) is 9.52. The minimum Gasteiger partial charge on any atom is -0.327 e. The van der Waals surface area contributed by atoms with Gasteiger partial charge in [-0.25, -0.2) is 0 Å². The van der Waals surface area contributed by atoms with E-state index >= 15 is 0 Å². The maximum absolute atomic E-state index is 5.88. The molecule has 0 radical (unpaired) electrons. The van der Waals surface area contributed by atoms with Gasteiger partial charge in [-0.1, -0.05) is 0 Å². The summed E-state index contributed by atoms with van der Waals surface area (Å²) >= 11 is 0. The standard InChI is InChI=1S/C9H21N3.3ClH/c1-11(2)6-7-12-5-3-4-9(10)8-12;;;/h9H,3-8,10H2,1-2H3;3*1H/t9-;;;/m0.../s1. The summed E-state index contributed by atoms with van der Waals surface area (Å²) in [6.45, 7) is 4.64. The van der Waals surface area contributed by atoms with Crippen LogP contribution in [-0.2, 0) is 0 Å². The fraction of sp³-hybridized carbons (Fsp3) is 1.00. The van der Waals surface area contributed by atoms with Gasteiger partial charge >= 0.3 is 0 Å². The minimum atomic E-state index is 0. The molecule has 96 valence electrons. The number of likely N-dealkylation sites (N-methyl/N-ethyl adjacent to an activating group) is 1. The van der Waals surface area contributed by atoms with Gasteiger partial charge < -0.3 is 15.5 Å². The van der Waals surface area contributed by atoms with Crippen LogP contribution in [0.15, 0.2) is 0 Å². The zero-order valence-corrected chi connectivity index (χ0v) is 12.0. The van der Waals surface area contributed by atoms with Crippen LogP contribution in [0.5, 0.6) is 0 Å². The van der Waals surface area contributed by atoms with Gasteiger partial charge in [0.15, 0.2) is 0 Å². The van der Waals surface area contributed by atoms with Gasteiger partial charge in [-0.3, -0.25) is 0 Å². The lowest BCUT2D eigenvalue weighted by molar-refractivity contribution is 0.191. The highest BCUT2D eigenvalue weighted by Crippen LogP contribution is 2.07. The molecular formula is C9H24Cl3N3. The molecule has 1 aliphatic rings. The first-order valence-electron chi connectivity index (χ1n) is 4.81. The summed E-state index contributed by atoms with van der Waals surface area (Å²) in [5.41, 5.74) is 5.88. The Morgan fingerprint density at radius 1 is 1.27 bits per heavy atom. The summed E-state index contributed by atoms with van der Waals surface area (Å²) < 4.78 is 0. The fourth-order valence-corrected chi connectivity index (χ4v) is 1.64. The lowest BCUT2D eigenvalue weighted by Gasteiger charge is -2.31. The third-order valence-electron chi connectivity index (χ3n) is 2.41. The van der Waals surface area contributed by atoms with E-state index in [4.69, 9.17) is 5.73 Å². The maximum Gasteiger partial charge on any atom is 0.0168 e. The van der Waals surface area contributed by atoms with Gasteiger partial charge in [0, 0.05) is 25.7 Å². The van der Waals surface area contributed by atoms with Gasteiger partial charge in [0.2, 0.25) is 0 Å². The third kappa shape index (κ3) is 9.67. The van der Waals surface area contributed by atoms with Crippen LogP contribution in [0.2, 0.25) is 0 Å².